The van der Waals surface area contributed by atoms with Gasteiger partial charge >= 0.3 is 5.97 Å². The Bertz CT molecular complexity index is 880. The average molecular weight is 398 g/mol. The molecule has 1 saturated heterocycles. The number of carbonyl (C=O) groups is 2. The second-order valence-electron chi connectivity index (χ2n) is 8.01. The average Bonchev–Trinajstić information content (AvgIpc) is 3.16. The molecule has 1 atom stereocenters. The second kappa shape index (κ2) is 9.16. The third-order valence-electron chi connectivity index (χ3n) is 5.29. The summed E-state index contributed by atoms with van der Waals surface area (Å²) in [5.74, 6) is -0.901. The van der Waals surface area contributed by atoms with E-state index in [4.69, 9.17) is 0 Å². The Labute approximate surface area is 170 Å². The SMILES string of the molecule is CC(C)CC(=O)N1CCC[C@H]1c1ccc(C(=O)O)c(CCc2ccc(F)cc2)n1. The molecular weight excluding hydrogens is 371 g/mol. The number of carboxylic acids is 1. The standard InChI is InChI=1S/C23H27FN2O3/c1-15(2)14-22(27)26-13-3-4-21(26)20-12-10-18(23(28)29)19(25-20)11-7-16-5-8-17(24)9-6-16/h5-6,8-10,12,15,21H,3-4,7,11,13-14H2,1-2H3,(H,28,29)/t21-/m0/s1. The molecule has 2 aromatic rings. The Morgan fingerprint density at radius 3 is 2.55 bits per heavy atom. The van der Waals surface area contributed by atoms with E-state index in [0.29, 0.717) is 31.5 Å². The highest BCUT2D eigenvalue weighted by Gasteiger charge is 2.31. The second-order valence-corrected chi connectivity index (χ2v) is 8.01. The molecular formula is C23H27FN2O3. The predicted octanol–water partition coefficient (Wildman–Crippen LogP) is 4.41. The Morgan fingerprint density at radius 2 is 1.90 bits per heavy atom. The zero-order valence-electron chi connectivity index (χ0n) is 16.9. The molecule has 1 aliphatic heterocycles. The van der Waals surface area contributed by atoms with Crippen molar-refractivity contribution in [2.45, 2.75) is 52.0 Å². The fourth-order valence-corrected chi connectivity index (χ4v) is 3.84. The van der Waals surface area contributed by atoms with Crippen LogP contribution in [0.25, 0.3) is 0 Å². The fraction of sp³-hybridized carbons (Fsp3) is 0.435. The summed E-state index contributed by atoms with van der Waals surface area (Å²) in [6.45, 7) is 4.76. The normalized spacial score (nSPS) is 16.4. The predicted molar refractivity (Wildman–Crippen MR) is 108 cm³/mol. The van der Waals surface area contributed by atoms with Crippen molar-refractivity contribution in [3.05, 3.63) is 64.7 Å². The monoisotopic (exact) mass is 398 g/mol. The van der Waals surface area contributed by atoms with Gasteiger partial charge in [0.15, 0.2) is 0 Å². The number of carboxylic acid groups (broad SMARTS) is 1. The van der Waals surface area contributed by atoms with E-state index in [1.165, 1.54) is 12.1 Å². The van der Waals surface area contributed by atoms with Gasteiger partial charge in [-0.1, -0.05) is 26.0 Å². The molecule has 0 spiro atoms. The molecule has 29 heavy (non-hydrogen) atoms. The number of aromatic nitrogens is 1. The van der Waals surface area contributed by atoms with Crippen LogP contribution in [0.3, 0.4) is 0 Å². The molecule has 2 heterocycles. The minimum absolute atomic E-state index is 0.103. The quantitative estimate of drug-likeness (QED) is 0.750. The van der Waals surface area contributed by atoms with E-state index in [1.54, 1.807) is 24.3 Å². The number of aromatic carboxylic acids is 1. The molecule has 1 aromatic carbocycles. The number of pyridine rings is 1. The van der Waals surface area contributed by atoms with Gasteiger partial charge in [0.05, 0.1) is 23.0 Å². The lowest BCUT2D eigenvalue weighted by Crippen LogP contribution is -2.32. The minimum atomic E-state index is -1.02. The van der Waals surface area contributed by atoms with Crippen LogP contribution in [-0.2, 0) is 17.6 Å². The lowest BCUT2D eigenvalue weighted by Gasteiger charge is -2.25. The number of nitrogens with zero attached hydrogens (tertiary/aromatic N) is 2. The Kier molecular flexibility index (Phi) is 6.62. The number of carbonyl (C=O) groups excluding carboxylic acids is 1. The van der Waals surface area contributed by atoms with Crippen LogP contribution < -0.4 is 0 Å². The zero-order valence-corrected chi connectivity index (χ0v) is 16.9. The van der Waals surface area contributed by atoms with Gasteiger partial charge in [0.1, 0.15) is 5.82 Å². The lowest BCUT2D eigenvalue weighted by molar-refractivity contribution is -0.133. The maximum absolute atomic E-state index is 13.1. The van der Waals surface area contributed by atoms with Gasteiger partial charge in [0.25, 0.3) is 0 Å². The van der Waals surface area contributed by atoms with E-state index in [-0.39, 0.29) is 29.2 Å². The van der Waals surface area contributed by atoms with Crippen LogP contribution in [-0.4, -0.2) is 33.4 Å². The number of hydrogen-bond donors (Lipinski definition) is 1. The maximum Gasteiger partial charge on any atom is 0.337 e. The molecule has 1 fully saturated rings. The van der Waals surface area contributed by atoms with Crippen LogP contribution in [0.5, 0.6) is 0 Å². The molecule has 0 radical (unpaired) electrons. The van der Waals surface area contributed by atoms with Crippen LogP contribution in [0.4, 0.5) is 4.39 Å². The molecule has 1 amide bonds. The van der Waals surface area contributed by atoms with E-state index in [0.717, 1.165) is 24.1 Å². The Morgan fingerprint density at radius 1 is 1.17 bits per heavy atom. The van der Waals surface area contributed by atoms with Crippen molar-refractivity contribution in [3.8, 4) is 0 Å². The van der Waals surface area contributed by atoms with Crippen molar-refractivity contribution in [1.82, 2.24) is 9.88 Å². The van der Waals surface area contributed by atoms with Gasteiger partial charge in [-0.15, -0.1) is 0 Å². The first-order valence-electron chi connectivity index (χ1n) is 10.1. The molecule has 1 aliphatic rings. The van der Waals surface area contributed by atoms with Crippen molar-refractivity contribution in [3.63, 3.8) is 0 Å². The molecule has 0 unspecified atom stereocenters. The van der Waals surface area contributed by atoms with Crippen LogP contribution in [0.1, 0.15) is 66.5 Å². The summed E-state index contributed by atoms with van der Waals surface area (Å²) >= 11 is 0. The summed E-state index contributed by atoms with van der Waals surface area (Å²) in [5, 5.41) is 9.54. The number of halogens is 1. The molecule has 0 bridgehead atoms. The summed E-state index contributed by atoms with van der Waals surface area (Å²) < 4.78 is 13.1. The molecule has 0 aliphatic carbocycles. The number of aryl methyl sites for hydroxylation is 2. The number of hydrogen-bond acceptors (Lipinski definition) is 3. The number of likely N-dealkylation sites (tertiary alicyclic amines) is 1. The molecule has 1 N–H and O–H groups in total. The van der Waals surface area contributed by atoms with Crippen molar-refractivity contribution in [2.75, 3.05) is 6.54 Å². The summed E-state index contributed by atoms with van der Waals surface area (Å²) in [5.41, 5.74) is 2.35. The number of rotatable bonds is 7. The van der Waals surface area contributed by atoms with Gasteiger partial charge in [-0.3, -0.25) is 9.78 Å². The van der Waals surface area contributed by atoms with Crippen molar-refractivity contribution < 1.29 is 19.1 Å². The fourth-order valence-electron chi connectivity index (χ4n) is 3.84. The third-order valence-corrected chi connectivity index (χ3v) is 5.29. The largest absolute Gasteiger partial charge is 0.478 e. The molecule has 154 valence electrons. The topological polar surface area (TPSA) is 70.5 Å². The van der Waals surface area contributed by atoms with Crippen LogP contribution in [0, 0.1) is 11.7 Å². The van der Waals surface area contributed by atoms with Crippen LogP contribution in [0.15, 0.2) is 36.4 Å². The minimum Gasteiger partial charge on any atom is -0.478 e. The van der Waals surface area contributed by atoms with Gasteiger partial charge in [-0.05, 0) is 61.4 Å². The zero-order chi connectivity index (χ0) is 21.0. The molecule has 0 saturated carbocycles. The highest BCUT2D eigenvalue weighted by Crippen LogP contribution is 2.32. The van der Waals surface area contributed by atoms with Crippen molar-refractivity contribution >= 4 is 11.9 Å². The van der Waals surface area contributed by atoms with Crippen molar-refractivity contribution in [2.24, 2.45) is 5.92 Å². The van der Waals surface area contributed by atoms with Crippen molar-refractivity contribution in [1.29, 1.82) is 0 Å². The molecule has 6 heteroatoms. The van der Waals surface area contributed by atoms with E-state index in [2.05, 4.69) is 4.98 Å². The Balaban J connectivity index is 1.82. The van der Waals surface area contributed by atoms with Gasteiger partial charge in [-0.2, -0.15) is 0 Å². The van der Waals surface area contributed by atoms with Crippen LogP contribution >= 0.6 is 0 Å². The van der Waals surface area contributed by atoms with Gasteiger partial charge in [-0.25, -0.2) is 9.18 Å². The Hall–Kier alpha value is -2.76. The summed E-state index contributed by atoms with van der Waals surface area (Å²) in [4.78, 5) is 30.8. The first-order valence-corrected chi connectivity index (χ1v) is 10.1. The molecule has 1 aromatic heterocycles. The third kappa shape index (κ3) is 5.19. The highest BCUT2D eigenvalue weighted by atomic mass is 19.1. The summed E-state index contributed by atoms with van der Waals surface area (Å²) in [6.07, 6.45) is 3.26. The van der Waals surface area contributed by atoms with E-state index < -0.39 is 5.97 Å². The number of amides is 1. The first kappa shape index (κ1) is 21.0. The van der Waals surface area contributed by atoms with E-state index >= 15 is 0 Å². The summed E-state index contributed by atoms with van der Waals surface area (Å²) in [7, 11) is 0. The van der Waals surface area contributed by atoms with Gasteiger partial charge in [0.2, 0.25) is 5.91 Å². The summed E-state index contributed by atoms with van der Waals surface area (Å²) in [6, 6.07) is 9.41. The lowest BCUT2D eigenvalue weighted by atomic mass is 10.0. The van der Waals surface area contributed by atoms with E-state index in [1.807, 2.05) is 18.7 Å². The van der Waals surface area contributed by atoms with Crippen LogP contribution in [0.2, 0.25) is 0 Å². The van der Waals surface area contributed by atoms with E-state index in [9.17, 15) is 19.1 Å². The highest BCUT2D eigenvalue weighted by molar-refractivity contribution is 5.88. The molecule has 3 rings (SSSR count). The smallest absolute Gasteiger partial charge is 0.337 e. The maximum atomic E-state index is 13.1. The van der Waals surface area contributed by atoms with Gasteiger partial charge in [0, 0.05) is 13.0 Å². The molecule has 5 nitrogen and oxygen atoms in total. The number of benzene rings is 1. The first-order chi connectivity index (χ1) is 13.8. The van der Waals surface area contributed by atoms with Gasteiger partial charge < -0.3 is 10.0 Å².